The maximum absolute atomic E-state index is 15.6. The third kappa shape index (κ3) is 10.0. The van der Waals surface area contributed by atoms with E-state index in [-0.39, 0.29) is 11.6 Å². The molecule has 2 atom stereocenters. The molecule has 5 aromatic rings. The van der Waals surface area contributed by atoms with E-state index in [0.717, 1.165) is 78.5 Å². The predicted octanol–water partition coefficient (Wildman–Crippen LogP) is 15.9. The van der Waals surface area contributed by atoms with Crippen LogP contribution < -0.4 is 0 Å². The Balaban J connectivity index is 1.33. The molecule has 0 aliphatic heterocycles. The summed E-state index contributed by atoms with van der Waals surface area (Å²) in [5.41, 5.74) is 6.87. The van der Waals surface area contributed by atoms with Crippen molar-refractivity contribution in [3.63, 3.8) is 0 Å². The van der Waals surface area contributed by atoms with Gasteiger partial charge in [-0.05, 0) is 86.4 Å². The molecule has 0 saturated heterocycles. The van der Waals surface area contributed by atoms with Crippen molar-refractivity contribution < 1.29 is 8.78 Å². The molecule has 3 heterocycles. The van der Waals surface area contributed by atoms with Crippen LogP contribution in [-0.4, -0.2) is 8.75 Å². The molecule has 52 heavy (non-hydrogen) atoms. The van der Waals surface area contributed by atoms with Crippen LogP contribution in [0.3, 0.4) is 0 Å². The first kappa shape index (κ1) is 39.9. The molecule has 7 heteroatoms. The van der Waals surface area contributed by atoms with E-state index in [2.05, 4.69) is 58.5 Å². The monoisotopic (exact) mass is 756 g/mol. The van der Waals surface area contributed by atoms with E-state index in [1.807, 2.05) is 31.2 Å². The lowest BCUT2D eigenvalue weighted by Gasteiger charge is -2.14. The fraction of sp³-hybridized carbons (Fsp3) is 0.422. The number of thiophene rings is 2. The van der Waals surface area contributed by atoms with E-state index in [1.54, 1.807) is 29.6 Å². The van der Waals surface area contributed by atoms with Crippen LogP contribution in [0.5, 0.6) is 0 Å². The lowest BCUT2D eigenvalue weighted by molar-refractivity contribution is 0.421. The molecule has 0 fully saturated rings. The summed E-state index contributed by atoms with van der Waals surface area (Å²) >= 11 is 4.30. The Kier molecular flexibility index (Phi) is 15.1. The number of rotatable bonds is 20. The van der Waals surface area contributed by atoms with Crippen molar-refractivity contribution in [3.05, 3.63) is 101 Å². The molecular weight excluding hydrogens is 703 g/mol. The number of halogens is 2. The van der Waals surface area contributed by atoms with E-state index in [9.17, 15) is 0 Å². The normalized spacial score (nSPS) is 13.8. The van der Waals surface area contributed by atoms with Crippen molar-refractivity contribution in [1.82, 2.24) is 8.75 Å². The molecule has 0 saturated carbocycles. The topological polar surface area (TPSA) is 25.8 Å². The number of hydrogen-bond acceptors (Lipinski definition) is 5. The number of benzene rings is 2. The van der Waals surface area contributed by atoms with Gasteiger partial charge >= 0.3 is 0 Å². The highest BCUT2D eigenvalue weighted by Crippen LogP contribution is 2.43. The summed E-state index contributed by atoms with van der Waals surface area (Å²) in [6.45, 7) is 15.0. The average molecular weight is 757 g/mol. The van der Waals surface area contributed by atoms with E-state index >= 15 is 8.78 Å². The predicted molar refractivity (Wildman–Crippen MR) is 226 cm³/mol. The summed E-state index contributed by atoms with van der Waals surface area (Å²) in [5.74, 6) is 0.991. The molecule has 0 amide bonds. The van der Waals surface area contributed by atoms with Crippen LogP contribution in [0.25, 0.3) is 47.9 Å². The van der Waals surface area contributed by atoms with Gasteiger partial charge in [-0.3, -0.25) is 0 Å². The molecule has 0 N–H and O–H groups in total. The zero-order chi connectivity index (χ0) is 37.0. The Hall–Kier alpha value is -3.26. The summed E-state index contributed by atoms with van der Waals surface area (Å²) in [4.78, 5) is 3.75. The molecule has 2 unspecified atom stereocenters. The van der Waals surface area contributed by atoms with Crippen LogP contribution in [0.1, 0.15) is 116 Å². The van der Waals surface area contributed by atoms with Gasteiger partial charge in [-0.25, -0.2) is 8.78 Å². The van der Waals surface area contributed by atoms with Crippen molar-refractivity contribution in [2.24, 2.45) is 11.8 Å². The molecular formula is C45H54F2N2S3. The van der Waals surface area contributed by atoms with Gasteiger partial charge in [-0.1, -0.05) is 122 Å². The van der Waals surface area contributed by atoms with E-state index in [4.69, 9.17) is 8.75 Å². The molecule has 0 aliphatic carbocycles. The highest BCUT2D eigenvalue weighted by Gasteiger charge is 2.19. The molecule has 0 radical (unpaired) electrons. The van der Waals surface area contributed by atoms with E-state index < -0.39 is 0 Å². The second-order valence-electron chi connectivity index (χ2n) is 14.1. The van der Waals surface area contributed by atoms with Gasteiger partial charge < -0.3 is 0 Å². The van der Waals surface area contributed by atoms with E-state index in [1.165, 1.54) is 74.4 Å². The molecule has 2 nitrogen and oxygen atoms in total. The Morgan fingerprint density at radius 2 is 1.33 bits per heavy atom. The minimum Gasteiger partial charge on any atom is -0.206 e. The molecule has 0 bridgehead atoms. The third-order valence-corrected chi connectivity index (χ3v) is 13.3. The van der Waals surface area contributed by atoms with Gasteiger partial charge in [0.05, 0.1) is 11.7 Å². The second-order valence-corrected chi connectivity index (χ2v) is 16.8. The zero-order valence-corrected chi connectivity index (χ0v) is 34.0. The van der Waals surface area contributed by atoms with Gasteiger partial charge in [0.2, 0.25) is 0 Å². The Morgan fingerprint density at radius 1 is 0.750 bits per heavy atom. The minimum atomic E-state index is -0.245. The first-order chi connectivity index (χ1) is 25.3. The lowest BCUT2D eigenvalue weighted by atomic mass is 9.92. The van der Waals surface area contributed by atoms with Crippen molar-refractivity contribution in [2.45, 2.75) is 112 Å². The minimum absolute atomic E-state index is 0.167. The van der Waals surface area contributed by atoms with E-state index in [0.29, 0.717) is 23.0 Å². The van der Waals surface area contributed by atoms with Crippen molar-refractivity contribution in [3.8, 4) is 31.3 Å². The van der Waals surface area contributed by atoms with Gasteiger partial charge in [0.1, 0.15) is 22.7 Å². The maximum atomic E-state index is 15.6. The smallest absolute Gasteiger partial charge is 0.132 e. The average Bonchev–Trinajstić information content (AvgIpc) is 3.94. The van der Waals surface area contributed by atoms with Crippen molar-refractivity contribution >= 4 is 51.0 Å². The highest BCUT2D eigenvalue weighted by atomic mass is 32.1. The molecule has 0 aliphatic rings. The number of aryl methyl sites for hydroxylation is 1. The van der Waals surface area contributed by atoms with Gasteiger partial charge in [0, 0.05) is 41.8 Å². The number of aromatic nitrogens is 2. The van der Waals surface area contributed by atoms with Crippen LogP contribution in [0, 0.1) is 17.7 Å². The summed E-state index contributed by atoms with van der Waals surface area (Å²) in [6.07, 6.45) is 17.2. The Labute approximate surface area is 322 Å². The molecule has 5 rings (SSSR count). The first-order valence-corrected chi connectivity index (χ1v) is 21.6. The number of hydrogen-bond donors (Lipinski definition) is 0. The molecule has 2 aromatic carbocycles. The standard InChI is InChI=1S/C45H54F2N2S3/c1-7-12-14-31(9-3)17-16-30(6)28-38(46)34(11-5)40-24-26-42(50-40)36-22-23-37(45-44(36)48-52-49-45)43-27-25-41(51-43)35-21-20-33(29-39(35)47)19-18-32(10-4)15-13-8-2/h11,20-29,31-32H,5,7-10,12-19H2,1-4,6H3/b30-28+,38-34-. The number of fused-ring (bicyclic) bond motifs is 1. The Bertz CT molecular complexity index is 1980. The van der Waals surface area contributed by atoms with Crippen molar-refractivity contribution in [1.29, 1.82) is 0 Å². The van der Waals surface area contributed by atoms with Crippen molar-refractivity contribution in [2.75, 3.05) is 0 Å². The van der Waals surface area contributed by atoms with Gasteiger partial charge in [0.15, 0.2) is 0 Å². The summed E-state index contributed by atoms with van der Waals surface area (Å²) in [7, 11) is 0. The molecule has 276 valence electrons. The first-order valence-electron chi connectivity index (χ1n) is 19.2. The summed E-state index contributed by atoms with van der Waals surface area (Å²) in [5, 5.41) is 0. The maximum Gasteiger partial charge on any atom is 0.132 e. The number of unbranched alkanes of at least 4 members (excludes halogenated alkanes) is 2. The largest absolute Gasteiger partial charge is 0.206 e. The quantitative estimate of drug-likeness (QED) is 0.0739. The SMILES string of the molecule is C=C/C(=C(F)\C=C(/C)CCC(CC)CCCC)c1ccc(-c2ccc(-c3ccc(-c4ccc(CCC(CC)CCCC)cc4F)s3)c3nsnc23)s1. The molecule has 3 aromatic heterocycles. The fourth-order valence-corrected chi connectivity index (χ4v) is 9.72. The number of allylic oxidation sites excluding steroid dienone is 5. The summed E-state index contributed by atoms with van der Waals surface area (Å²) in [6, 6.07) is 18.0. The van der Waals surface area contributed by atoms with Gasteiger partial charge in [-0.15, -0.1) is 22.7 Å². The van der Waals surface area contributed by atoms with Crippen LogP contribution in [-0.2, 0) is 6.42 Å². The van der Waals surface area contributed by atoms with Gasteiger partial charge in [0.25, 0.3) is 0 Å². The molecule has 0 spiro atoms. The van der Waals surface area contributed by atoms with Crippen LogP contribution in [0.4, 0.5) is 8.78 Å². The second kappa shape index (κ2) is 19.7. The zero-order valence-electron chi connectivity index (χ0n) is 31.6. The fourth-order valence-electron chi connectivity index (χ4n) is 7.01. The third-order valence-electron chi connectivity index (χ3n) is 10.4. The van der Waals surface area contributed by atoms with Crippen LogP contribution in [0.2, 0.25) is 0 Å². The van der Waals surface area contributed by atoms with Crippen LogP contribution in [0.15, 0.2) is 84.7 Å². The number of nitrogens with zero attached hydrogens (tertiary/aromatic N) is 2. The van der Waals surface area contributed by atoms with Crippen LogP contribution >= 0.6 is 34.4 Å². The lowest BCUT2D eigenvalue weighted by Crippen LogP contribution is -2.01. The van der Waals surface area contributed by atoms with Gasteiger partial charge in [-0.2, -0.15) is 8.75 Å². The Morgan fingerprint density at radius 3 is 1.92 bits per heavy atom. The highest BCUT2D eigenvalue weighted by molar-refractivity contribution is 7.19. The summed E-state index contributed by atoms with van der Waals surface area (Å²) < 4.78 is 40.5.